The molecule has 0 spiro atoms. The molecule has 1 aliphatic rings. The van der Waals surface area contributed by atoms with Crippen molar-refractivity contribution in [2.45, 2.75) is 58.3 Å². The van der Waals surface area contributed by atoms with Crippen LogP contribution in [0.2, 0.25) is 0 Å². The van der Waals surface area contributed by atoms with Crippen LogP contribution < -0.4 is 10.8 Å². The highest BCUT2D eigenvalue weighted by Gasteiger charge is 2.51. The predicted octanol–water partition coefficient (Wildman–Crippen LogP) is 3.24. The molecular weight excluding hydrogens is 393 g/mol. The maximum atomic E-state index is 12.3. The van der Waals surface area contributed by atoms with Crippen LogP contribution in [-0.4, -0.2) is 36.7 Å². The van der Waals surface area contributed by atoms with Gasteiger partial charge in [-0.3, -0.25) is 9.59 Å². The van der Waals surface area contributed by atoms with E-state index >= 15 is 0 Å². The lowest BCUT2D eigenvalue weighted by atomic mass is 9.79. The van der Waals surface area contributed by atoms with E-state index < -0.39 is 18.3 Å². The van der Waals surface area contributed by atoms with Crippen molar-refractivity contribution in [1.29, 1.82) is 0 Å². The standard InChI is InChI=1S/C24H30BNO5/c1-23(2)24(3,4)31-25(30-23)20-14-12-19(13-15-20)22(28)26-16-8-11-21(27)29-17-18-9-6-5-7-10-18/h5-7,9-10,12-15H,8,11,16-17H2,1-4H3,(H,26,28). The van der Waals surface area contributed by atoms with Gasteiger partial charge in [0.1, 0.15) is 6.61 Å². The number of benzene rings is 2. The smallest absolute Gasteiger partial charge is 0.461 e. The van der Waals surface area contributed by atoms with Crippen molar-refractivity contribution in [2.24, 2.45) is 0 Å². The Morgan fingerprint density at radius 1 is 0.935 bits per heavy atom. The molecule has 3 rings (SSSR count). The molecular formula is C24H30BNO5. The highest BCUT2D eigenvalue weighted by Crippen LogP contribution is 2.36. The fourth-order valence-electron chi connectivity index (χ4n) is 3.12. The summed E-state index contributed by atoms with van der Waals surface area (Å²) in [5.74, 6) is -0.456. The zero-order chi connectivity index (χ0) is 22.5. The molecule has 0 saturated carbocycles. The Bertz CT molecular complexity index is 880. The van der Waals surface area contributed by atoms with Crippen molar-refractivity contribution in [3.05, 3.63) is 65.7 Å². The first kappa shape index (κ1) is 23.0. The van der Waals surface area contributed by atoms with Crippen molar-refractivity contribution < 1.29 is 23.6 Å². The van der Waals surface area contributed by atoms with Gasteiger partial charge in [-0.1, -0.05) is 42.5 Å². The molecule has 2 aromatic rings. The summed E-state index contributed by atoms with van der Waals surface area (Å²) in [6.45, 7) is 8.69. The molecule has 0 radical (unpaired) electrons. The van der Waals surface area contributed by atoms with E-state index in [1.54, 1.807) is 12.1 Å². The first-order valence-electron chi connectivity index (χ1n) is 10.6. The van der Waals surface area contributed by atoms with E-state index in [1.165, 1.54) is 0 Å². The fourth-order valence-corrected chi connectivity index (χ4v) is 3.12. The second kappa shape index (κ2) is 9.66. The summed E-state index contributed by atoms with van der Waals surface area (Å²) in [4.78, 5) is 24.2. The number of hydrogen-bond donors (Lipinski definition) is 1. The van der Waals surface area contributed by atoms with Gasteiger partial charge in [-0.25, -0.2) is 0 Å². The first-order valence-corrected chi connectivity index (χ1v) is 10.6. The zero-order valence-corrected chi connectivity index (χ0v) is 18.6. The molecule has 0 bridgehead atoms. The van der Waals surface area contributed by atoms with Gasteiger partial charge in [0, 0.05) is 18.5 Å². The van der Waals surface area contributed by atoms with Gasteiger partial charge in [0.25, 0.3) is 5.91 Å². The second-order valence-corrected chi connectivity index (χ2v) is 8.72. The van der Waals surface area contributed by atoms with Crippen LogP contribution in [0.3, 0.4) is 0 Å². The lowest BCUT2D eigenvalue weighted by Crippen LogP contribution is -2.41. The Hall–Kier alpha value is -2.64. The van der Waals surface area contributed by atoms with Crippen molar-refractivity contribution in [3.63, 3.8) is 0 Å². The Kier molecular flexibility index (Phi) is 7.18. The van der Waals surface area contributed by atoms with Gasteiger partial charge in [-0.2, -0.15) is 0 Å². The molecule has 31 heavy (non-hydrogen) atoms. The summed E-state index contributed by atoms with van der Waals surface area (Å²) >= 11 is 0. The van der Waals surface area contributed by atoms with Crippen LogP contribution in [0.25, 0.3) is 0 Å². The summed E-state index contributed by atoms with van der Waals surface area (Å²) in [6, 6.07) is 16.7. The van der Waals surface area contributed by atoms with E-state index in [1.807, 2.05) is 70.2 Å². The number of rotatable bonds is 8. The van der Waals surface area contributed by atoms with Gasteiger partial charge in [0.15, 0.2) is 0 Å². The average molecular weight is 423 g/mol. The van der Waals surface area contributed by atoms with Crippen molar-refractivity contribution in [2.75, 3.05) is 6.54 Å². The van der Waals surface area contributed by atoms with Gasteiger partial charge in [0.2, 0.25) is 0 Å². The minimum absolute atomic E-state index is 0.182. The second-order valence-electron chi connectivity index (χ2n) is 8.72. The number of ether oxygens (including phenoxy) is 1. The van der Waals surface area contributed by atoms with Crippen LogP contribution in [0.1, 0.15) is 56.5 Å². The number of nitrogens with one attached hydrogen (secondary N) is 1. The van der Waals surface area contributed by atoms with E-state index in [9.17, 15) is 9.59 Å². The monoisotopic (exact) mass is 423 g/mol. The minimum atomic E-state index is -0.455. The first-order chi connectivity index (χ1) is 14.7. The van der Waals surface area contributed by atoms with Gasteiger partial charge >= 0.3 is 13.1 Å². The zero-order valence-electron chi connectivity index (χ0n) is 18.6. The van der Waals surface area contributed by atoms with Crippen molar-refractivity contribution in [1.82, 2.24) is 5.32 Å². The van der Waals surface area contributed by atoms with Gasteiger partial charge < -0.3 is 19.4 Å². The lowest BCUT2D eigenvalue weighted by molar-refractivity contribution is -0.145. The van der Waals surface area contributed by atoms with Gasteiger partial charge in [0.05, 0.1) is 11.2 Å². The molecule has 7 heteroatoms. The van der Waals surface area contributed by atoms with Crippen molar-refractivity contribution in [3.8, 4) is 0 Å². The normalized spacial score (nSPS) is 16.7. The molecule has 1 heterocycles. The Morgan fingerprint density at radius 3 is 2.16 bits per heavy atom. The Labute approximate surface area is 184 Å². The average Bonchev–Trinajstić information content (AvgIpc) is 2.97. The topological polar surface area (TPSA) is 73.9 Å². The predicted molar refractivity (Wildman–Crippen MR) is 120 cm³/mol. The Balaban J connectivity index is 1.39. The van der Waals surface area contributed by atoms with E-state index in [0.717, 1.165) is 11.0 Å². The molecule has 1 amide bonds. The van der Waals surface area contributed by atoms with Crippen LogP contribution in [0, 0.1) is 0 Å². The number of hydrogen-bond acceptors (Lipinski definition) is 5. The van der Waals surface area contributed by atoms with Crippen LogP contribution in [0.5, 0.6) is 0 Å². The third-order valence-corrected chi connectivity index (χ3v) is 5.78. The molecule has 1 fully saturated rings. The lowest BCUT2D eigenvalue weighted by Gasteiger charge is -2.32. The molecule has 0 unspecified atom stereocenters. The van der Waals surface area contributed by atoms with E-state index in [4.69, 9.17) is 14.0 Å². The molecule has 0 aliphatic carbocycles. The number of carbonyl (C=O) groups is 2. The molecule has 1 aliphatic heterocycles. The van der Waals surface area contributed by atoms with E-state index in [0.29, 0.717) is 18.5 Å². The molecule has 1 saturated heterocycles. The molecule has 6 nitrogen and oxygen atoms in total. The highest BCUT2D eigenvalue weighted by molar-refractivity contribution is 6.62. The third-order valence-electron chi connectivity index (χ3n) is 5.78. The van der Waals surface area contributed by atoms with Gasteiger partial charge in [-0.05, 0) is 57.3 Å². The molecule has 1 N–H and O–H groups in total. The highest BCUT2D eigenvalue weighted by atomic mass is 16.7. The molecule has 0 atom stereocenters. The molecule has 164 valence electrons. The van der Waals surface area contributed by atoms with Crippen LogP contribution in [0.4, 0.5) is 0 Å². The summed E-state index contributed by atoms with van der Waals surface area (Å²) in [5.41, 5.74) is 1.56. The minimum Gasteiger partial charge on any atom is -0.461 e. The SMILES string of the molecule is CC1(C)OB(c2ccc(C(=O)NCCCC(=O)OCc3ccccc3)cc2)OC1(C)C. The van der Waals surface area contributed by atoms with Gasteiger partial charge in [-0.15, -0.1) is 0 Å². The van der Waals surface area contributed by atoms with Crippen LogP contribution in [0.15, 0.2) is 54.6 Å². The third kappa shape index (κ3) is 5.96. The van der Waals surface area contributed by atoms with Crippen LogP contribution >= 0.6 is 0 Å². The van der Waals surface area contributed by atoms with Crippen LogP contribution in [-0.2, 0) is 25.4 Å². The van der Waals surface area contributed by atoms with Crippen molar-refractivity contribution >= 4 is 24.5 Å². The van der Waals surface area contributed by atoms with E-state index in [2.05, 4.69) is 5.32 Å². The Morgan fingerprint density at radius 2 is 1.55 bits per heavy atom. The number of carbonyl (C=O) groups excluding carboxylic acids is 2. The molecule has 2 aromatic carbocycles. The van der Waals surface area contributed by atoms with E-state index in [-0.39, 0.29) is 24.9 Å². The quantitative estimate of drug-likeness (QED) is 0.401. The maximum absolute atomic E-state index is 12.3. The maximum Gasteiger partial charge on any atom is 0.494 e. The number of esters is 1. The summed E-state index contributed by atoms with van der Waals surface area (Å²) in [5, 5.41) is 2.83. The number of amides is 1. The summed E-state index contributed by atoms with van der Waals surface area (Å²) < 4.78 is 17.3. The fraction of sp³-hybridized carbons (Fsp3) is 0.417. The summed E-state index contributed by atoms with van der Waals surface area (Å²) in [7, 11) is -0.455. The summed E-state index contributed by atoms with van der Waals surface area (Å²) in [6.07, 6.45) is 0.777. The largest absolute Gasteiger partial charge is 0.494 e. The molecule has 0 aromatic heterocycles.